The summed E-state index contributed by atoms with van der Waals surface area (Å²) < 4.78 is 4.97. The van der Waals surface area contributed by atoms with Crippen molar-refractivity contribution >= 4 is 23.5 Å². The first-order chi connectivity index (χ1) is 8.09. The van der Waals surface area contributed by atoms with Gasteiger partial charge in [-0.2, -0.15) is 0 Å². The number of imide groups is 1. The average molecular weight is 233 g/mol. The molecule has 0 spiro atoms. The monoisotopic (exact) mass is 233 g/mol. The van der Waals surface area contributed by atoms with Crippen LogP contribution in [0, 0.1) is 0 Å². The van der Waals surface area contributed by atoms with E-state index in [1.807, 2.05) is 0 Å². The van der Waals surface area contributed by atoms with Gasteiger partial charge in [0, 0.05) is 19.8 Å². The van der Waals surface area contributed by atoms with Crippen LogP contribution in [0.1, 0.15) is 19.8 Å². The Labute approximate surface area is 98.0 Å². The number of amides is 2. The molecule has 5 nitrogen and oxygen atoms in total. The van der Waals surface area contributed by atoms with Crippen molar-refractivity contribution in [1.82, 2.24) is 0 Å². The highest BCUT2D eigenvalue weighted by atomic mass is 16.5. The van der Waals surface area contributed by atoms with Gasteiger partial charge in [0.2, 0.25) is 11.8 Å². The minimum atomic E-state index is -0.489. The number of esters is 1. The Morgan fingerprint density at radius 1 is 1.18 bits per heavy atom. The molecule has 1 heterocycles. The largest absolute Gasteiger partial charge is 0.424 e. The van der Waals surface area contributed by atoms with Gasteiger partial charge < -0.3 is 4.74 Å². The van der Waals surface area contributed by atoms with Crippen LogP contribution in [0.25, 0.3) is 0 Å². The summed E-state index contributed by atoms with van der Waals surface area (Å²) in [5, 5.41) is 0. The molecule has 1 aromatic carbocycles. The number of rotatable bonds is 2. The summed E-state index contributed by atoms with van der Waals surface area (Å²) in [6, 6.07) is 6.49. The second kappa shape index (κ2) is 4.37. The zero-order valence-corrected chi connectivity index (χ0v) is 9.30. The van der Waals surface area contributed by atoms with Gasteiger partial charge in [0.15, 0.2) is 5.75 Å². The Bertz CT molecular complexity index is 479. The van der Waals surface area contributed by atoms with E-state index in [4.69, 9.17) is 4.74 Å². The van der Waals surface area contributed by atoms with Crippen molar-refractivity contribution in [3.63, 3.8) is 0 Å². The minimum absolute atomic E-state index is 0.202. The molecule has 0 saturated carbocycles. The topological polar surface area (TPSA) is 63.7 Å². The number of hydrogen-bond acceptors (Lipinski definition) is 4. The van der Waals surface area contributed by atoms with Crippen LogP contribution in [-0.4, -0.2) is 17.8 Å². The van der Waals surface area contributed by atoms with Crippen molar-refractivity contribution in [2.75, 3.05) is 4.90 Å². The summed E-state index contributed by atoms with van der Waals surface area (Å²) in [4.78, 5) is 35.2. The van der Waals surface area contributed by atoms with Gasteiger partial charge in [-0.3, -0.25) is 14.4 Å². The van der Waals surface area contributed by atoms with E-state index in [2.05, 4.69) is 0 Å². The van der Waals surface area contributed by atoms with Crippen LogP contribution in [0.15, 0.2) is 24.3 Å². The normalized spacial score (nSPS) is 15.2. The lowest BCUT2D eigenvalue weighted by molar-refractivity contribution is -0.132. The Kier molecular flexibility index (Phi) is 2.91. The van der Waals surface area contributed by atoms with Crippen LogP contribution >= 0.6 is 0 Å². The number of carbonyl (C=O) groups is 3. The number of ether oxygens (including phenoxy) is 1. The zero-order chi connectivity index (χ0) is 12.4. The number of nitrogens with zero attached hydrogens (tertiary/aromatic N) is 1. The summed E-state index contributed by atoms with van der Waals surface area (Å²) in [6.07, 6.45) is 0.403. The lowest BCUT2D eigenvalue weighted by Crippen LogP contribution is -2.29. The standard InChI is InChI=1S/C12H11NO4/c1-8(14)17-10-5-3-2-4-9(10)13-11(15)6-7-12(13)16/h2-5H,6-7H2,1H3. The molecule has 0 aliphatic carbocycles. The number of carbonyl (C=O) groups excluding carboxylic acids is 3. The molecule has 1 aliphatic rings. The Hall–Kier alpha value is -2.17. The fourth-order valence-corrected chi connectivity index (χ4v) is 1.73. The van der Waals surface area contributed by atoms with Crippen LogP contribution in [0.5, 0.6) is 5.75 Å². The highest BCUT2D eigenvalue weighted by molar-refractivity contribution is 6.20. The summed E-state index contributed by atoms with van der Waals surface area (Å²) in [6.45, 7) is 1.27. The van der Waals surface area contributed by atoms with Crippen molar-refractivity contribution in [3.8, 4) is 5.75 Å². The molecular formula is C12H11NO4. The molecule has 17 heavy (non-hydrogen) atoms. The number of anilines is 1. The lowest BCUT2D eigenvalue weighted by atomic mass is 10.2. The molecule has 0 atom stereocenters. The van der Waals surface area contributed by atoms with Crippen molar-refractivity contribution in [3.05, 3.63) is 24.3 Å². The predicted molar refractivity (Wildman–Crippen MR) is 59.5 cm³/mol. The maximum atomic E-state index is 11.6. The molecule has 1 aromatic rings. The van der Waals surface area contributed by atoms with Crippen molar-refractivity contribution < 1.29 is 19.1 Å². The highest BCUT2D eigenvalue weighted by Crippen LogP contribution is 2.31. The van der Waals surface area contributed by atoms with E-state index in [1.165, 1.54) is 6.92 Å². The Balaban J connectivity index is 2.40. The quantitative estimate of drug-likeness (QED) is 0.438. The molecule has 2 amide bonds. The number of benzene rings is 1. The zero-order valence-electron chi connectivity index (χ0n) is 9.30. The van der Waals surface area contributed by atoms with Gasteiger partial charge in [0.05, 0.1) is 5.69 Å². The summed E-state index contributed by atoms with van der Waals surface area (Å²) in [7, 11) is 0. The van der Waals surface area contributed by atoms with Crippen LogP contribution in [-0.2, 0) is 14.4 Å². The fourth-order valence-electron chi connectivity index (χ4n) is 1.73. The van der Waals surface area contributed by atoms with E-state index >= 15 is 0 Å². The third-order valence-electron chi connectivity index (χ3n) is 2.41. The molecule has 1 fully saturated rings. The second-order valence-electron chi connectivity index (χ2n) is 3.68. The van der Waals surface area contributed by atoms with Gasteiger partial charge in [0.25, 0.3) is 0 Å². The second-order valence-corrected chi connectivity index (χ2v) is 3.68. The Morgan fingerprint density at radius 2 is 1.76 bits per heavy atom. The van der Waals surface area contributed by atoms with E-state index in [0.717, 1.165) is 4.90 Å². The summed E-state index contributed by atoms with van der Waals surface area (Å²) in [5.74, 6) is -0.802. The summed E-state index contributed by atoms with van der Waals surface area (Å²) in [5.41, 5.74) is 0.329. The molecule has 0 unspecified atom stereocenters. The minimum Gasteiger partial charge on any atom is -0.424 e. The van der Waals surface area contributed by atoms with Gasteiger partial charge in [-0.1, -0.05) is 12.1 Å². The lowest BCUT2D eigenvalue weighted by Gasteiger charge is -2.16. The molecule has 2 rings (SSSR count). The van der Waals surface area contributed by atoms with Crippen molar-refractivity contribution in [2.45, 2.75) is 19.8 Å². The van der Waals surface area contributed by atoms with Gasteiger partial charge in [-0.15, -0.1) is 0 Å². The van der Waals surface area contributed by atoms with Crippen LogP contribution in [0.3, 0.4) is 0 Å². The molecule has 88 valence electrons. The SMILES string of the molecule is CC(=O)Oc1ccccc1N1C(=O)CCC1=O. The first-order valence-corrected chi connectivity index (χ1v) is 5.23. The van der Waals surface area contributed by atoms with Gasteiger partial charge in [-0.25, -0.2) is 4.90 Å². The molecule has 0 N–H and O–H groups in total. The fraction of sp³-hybridized carbons (Fsp3) is 0.250. The van der Waals surface area contributed by atoms with Crippen LogP contribution < -0.4 is 9.64 Å². The molecule has 0 aromatic heterocycles. The van der Waals surface area contributed by atoms with E-state index < -0.39 is 5.97 Å². The number of para-hydroxylation sites is 2. The van der Waals surface area contributed by atoms with E-state index in [0.29, 0.717) is 5.69 Å². The number of hydrogen-bond donors (Lipinski definition) is 0. The summed E-state index contributed by atoms with van der Waals surface area (Å²) >= 11 is 0. The predicted octanol–water partition coefficient (Wildman–Crippen LogP) is 1.27. The Morgan fingerprint density at radius 3 is 2.35 bits per heavy atom. The smallest absolute Gasteiger partial charge is 0.308 e. The highest BCUT2D eigenvalue weighted by Gasteiger charge is 2.32. The van der Waals surface area contributed by atoms with E-state index in [-0.39, 0.29) is 30.4 Å². The van der Waals surface area contributed by atoms with Gasteiger partial charge >= 0.3 is 5.97 Å². The van der Waals surface area contributed by atoms with Gasteiger partial charge in [0.1, 0.15) is 0 Å². The maximum absolute atomic E-state index is 11.6. The molecule has 5 heteroatoms. The van der Waals surface area contributed by atoms with E-state index in [1.54, 1.807) is 24.3 Å². The van der Waals surface area contributed by atoms with Gasteiger partial charge in [-0.05, 0) is 12.1 Å². The average Bonchev–Trinajstić information content (AvgIpc) is 2.59. The molecule has 0 bridgehead atoms. The molecule has 1 aliphatic heterocycles. The van der Waals surface area contributed by atoms with Crippen molar-refractivity contribution in [2.24, 2.45) is 0 Å². The molecular weight excluding hydrogens is 222 g/mol. The third-order valence-corrected chi connectivity index (χ3v) is 2.41. The van der Waals surface area contributed by atoms with Crippen LogP contribution in [0.4, 0.5) is 5.69 Å². The first-order valence-electron chi connectivity index (χ1n) is 5.23. The first kappa shape index (κ1) is 11.3. The maximum Gasteiger partial charge on any atom is 0.308 e. The third kappa shape index (κ3) is 2.18. The molecule has 1 saturated heterocycles. The van der Waals surface area contributed by atoms with E-state index in [9.17, 15) is 14.4 Å². The van der Waals surface area contributed by atoms with Crippen molar-refractivity contribution in [1.29, 1.82) is 0 Å². The molecule has 0 radical (unpaired) electrons. The van der Waals surface area contributed by atoms with Crippen LogP contribution in [0.2, 0.25) is 0 Å².